The molecule has 1 aliphatic heterocycles. The summed E-state index contributed by atoms with van der Waals surface area (Å²) in [7, 11) is 0. The second-order valence-electron chi connectivity index (χ2n) is 7.56. The van der Waals surface area contributed by atoms with Crippen LogP contribution in [0.25, 0.3) is 0 Å². The molecule has 0 radical (unpaired) electrons. The summed E-state index contributed by atoms with van der Waals surface area (Å²) in [5.74, 6) is 0.990. The maximum absolute atomic E-state index is 12.0. The lowest BCUT2D eigenvalue weighted by Crippen LogP contribution is -2.51. The fourth-order valence-electron chi connectivity index (χ4n) is 2.92. The largest absolute Gasteiger partial charge is 0.350 e. The molecule has 0 bridgehead atoms. The van der Waals surface area contributed by atoms with E-state index in [1.807, 2.05) is 43.0 Å². The summed E-state index contributed by atoms with van der Waals surface area (Å²) in [4.78, 5) is 16.6. The first-order valence-corrected chi connectivity index (χ1v) is 9.11. The number of nitrogens with one attached hydrogen (secondary N) is 1. The topological polar surface area (TPSA) is 58.3 Å². The van der Waals surface area contributed by atoms with Gasteiger partial charge in [0.05, 0.1) is 13.2 Å². The quantitative estimate of drug-likeness (QED) is 0.609. The first-order chi connectivity index (χ1) is 11.7. The minimum absolute atomic E-state index is 0.0852. The van der Waals surface area contributed by atoms with Gasteiger partial charge in [0.25, 0.3) is 0 Å². The van der Waals surface area contributed by atoms with Gasteiger partial charge in [0.2, 0.25) is 5.91 Å². The number of rotatable bonds is 6. The van der Waals surface area contributed by atoms with Gasteiger partial charge in [-0.3, -0.25) is 14.6 Å². The van der Waals surface area contributed by atoms with Crippen LogP contribution in [0.3, 0.4) is 0 Å². The van der Waals surface area contributed by atoms with Gasteiger partial charge in [-0.25, -0.2) is 4.68 Å². The number of aromatic nitrogens is 3. The van der Waals surface area contributed by atoms with E-state index in [1.54, 1.807) is 0 Å². The van der Waals surface area contributed by atoms with Crippen LogP contribution in [0.2, 0.25) is 0 Å². The van der Waals surface area contributed by atoms with Crippen LogP contribution in [0.1, 0.15) is 26.6 Å². The van der Waals surface area contributed by atoms with Gasteiger partial charge in [0.1, 0.15) is 5.82 Å². The van der Waals surface area contributed by atoms with Crippen molar-refractivity contribution in [3.05, 3.63) is 23.3 Å². The molecule has 0 unspecified atom stereocenters. The highest BCUT2D eigenvalue weighted by Gasteiger charge is 2.21. The molecule has 8 heteroatoms. The molecule has 0 saturated carbocycles. The number of hydrogen-bond acceptors (Lipinski definition) is 5. The maximum Gasteiger partial charge on any atom is 0.234 e. The zero-order chi connectivity index (χ0) is 18.6. The molecule has 1 amide bonds. The average molecular weight is 367 g/mol. The molecule has 1 saturated heterocycles. The minimum Gasteiger partial charge on any atom is -0.350 e. The van der Waals surface area contributed by atoms with E-state index >= 15 is 0 Å². The monoisotopic (exact) mass is 366 g/mol. The first-order valence-electron chi connectivity index (χ1n) is 8.70. The first kappa shape index (κ1) is 19.8. The van der Waals surface area contributed by atoms with Crippen LogP contribution in [0, 0.1) is 11.7 Å². The number of amides is 1. The van der Waals surface area contributed by atoms with E-state index in [0.29, 0.717) is 19.8 Å². The number of hydrogen-bond donors (Lipinski definition) is 1. The molecule has 0 aliphatic carbocycles. The molecule has 1 aromatic heterocycles. The molecule has 0 aromatic carbocycles. The summed E-state index contributed by atoms with van der Waals surface area (Å²) < 4.78 is 4.58. The Morgan fingerprint density at radius 2 is 1.88 bits per heavy atom. The van der Waals surface area contributed by atoms with Gasteiger partial charge in [0, 0.05) is 38.3 Å². The number of piperazine rings is 1. The van der Waals surface area contributed by atoms with Gasteiger partial charge in [-0.2, -0.15) is 5.10 Å². The third-order valence-electron chi connectivity index (χ3n) is 4.10. The fraction of sp³-hybridized carbons (Fsp3) is 0.706. The second kappa shape index (κ2) is 8.25. The number of nitrogens with zero attached hydrogens (tertiary/aromatic N) is 5. The Balaban J connectivity index is 1.85. The van der Waals surface area contributed by atoms with Crippen LogP contribution in [0.5, 0.6) is 0 Å². The average Bonchev–Trinajstić information content (AvgIpc) is 2.75. The summed E-state index contributed by atoms with van der Waals surface area (Å²) in [6.07, 6.45) is 1.83. The van der Waals surface area contributed by atoms with Crippen molar-refractivity contribution in [3.8, 4) is 0 Å². The molecule has 25 heavy (non-hydrogen) atoms. The van der Waals surface area contributed by atoms with E-state index in [4.69, 9.17) is 12.2 Å². The van der Waals surface area contributed by atoms with Gasteiger partial charge in [-0.05, 0) is 39.9 Å². The Labute approximate surface area is 155 Å². The summed E-state index contributed by atoms with van der Waals surface area (Å²) in [6, 6.07) is 0. The van der Waals surface area contributed by atoms with Crippen molar-refractivity contribution in [2.45, 2.75) is 46.4 Å². The van der Waals surface area contributed by atoms with Crippen molar-refractivity contribution >= 4 is 18.1 Å². The zero-order valence-electron chi connectivity index (χ0n) is 15.8. The Bertz CT molecular complexity index is 664. The molecule has 0 spiro atoms. The molecule has 0 atom stereocenters. The lowest BCUT2D eigenvalue weighted by Gasteiger charge is -2.34. The van der Waals surface area contributed by atoms with Gasteiger partial charge in [0.15, 0.2) is 4.77 Å². The Morgan fingerprint density at radius 1 is 1.28 bits per heavy atom. The van der Waals surface area contributed by atoms with Crippen molar-refractivity contribution in [1.82, 2.24) is 29.5 Å². The normalized spacial score (nSPS) is 16.8. The Morgan fingerprint density at radius 3 is 2.44 bits per heavy atom. The predicted octanol–water partition coefficient (Wildman–Crippen LogP) is 1.40. The van der Waals surface area contributed by atoms with E-state index in [-0.39, 0.29) is 11.4 Å². The second-order valence-corrected chi connectivity index (χ2v) is 7.93. The molecular formula is C17H30N6OS. The number of carbonyl (C=O) groups is 1. The van der Waals surface area contributed by atoms with Crippen molar-refractivity contribution in [3.63, 3.8) is 0 Å². The third-order valence-corrected chi connectivity index (χ3v) is 4.53. The summed E-state index contributed by atoms with van der Waals surface area (Å²) in [5, 5.41) is 7.55. The van der Waals surface area contributed by atoms with E-state index in [1.165, 1.54) is 0 Å². The van der Waals surface area contributed by atoms with Gasteiger partial charge >= 0.3 is 0 Å². The van der Waals surface area contributed by atoms with Crippen LogP contribution in [-0.4, -0.2) is 68.3 Å². The molecule has 2 heterocycles. The summed E-state index contributed by atoms with van der Waals surface area (Å²) >= 11 is 5.50. The van der Waals surface area contributed by atoms with Crippen molar-refractivity contribution in [1.29, 1.82) is 0 Å². The van der Waals surface area contributed by atoms with Crippen LogP contribution in [-0.2, 0) is 18.0 Å². The molecule has 2 rings (SSSR count). The highest BCUT2D eigenvalue weighted by Crippen LogP contribution is 2.07. The van der Waals surface area contributed by atoms with Gasteiger partial charge in [-0.1, -0.05) is 6.08 Å². The van der Waals surface area contributed by atoms with Crippen molar-refractivity contribution < 1.29 is 4.79 Å². The van der Waals surface area contributed by atoms with E-state index in [2.05, 4.69) is 26.8 Å². The standard InChI is InChI=1S/C17H30N6OS/c1-6-7-22-14(2)19-23(16(22)25)13-21-10-8-20(9-11-21)12-15(24)18-17(3,4)5/h6H,1,7-13H2,2-5H3,(H,18,24). The zero-order valence-corrected chi connectivity index (χ0v) is 16.6. The van der Waals surface area contributed by atoms with E-state index < -0.39 is 0 Å². The predicted molar refractivity (Wildman–Crippen MR) is 102 cm³/mol. The van der Waals surface area contributed by atoms with Crippen LogP contribution < -0.4 is 5.32 Å². The van der Waals surface area contributed by atoms with Crippen molar-refractivity contribution in [2.24, 2.45) is 0 Å². The molecule has 1 N–H and O–H groups in total. The SMILES string of the molecule is C=CCn1c(C)nn(CN2CCN(CC(=O)NC(C)(C)C)CC2)c1=S. The molecule has 7 nitrogen and oxygen atoms in total. The highest BCUT2D eigenvalue weighted by atomic mass is 32.1. The summed E-state index contributed by atoms with van der Waals surface area (Å²) in [5.41, 5.74) is -0.183. The summed E-state index contributed by atoms with van der Waals surface area (Å²) in [6.45, 7) is 17.1. The van der Waals surface area contributed by atoms with E-state index in [9.17, 15) is 4.79 Å². The van der Waals surface area contributed by atoms with Crippen molar-refractivity contribution in [2.75, 3.05) is 32.7 Å². The lowest BCUT2D eigenvalue weighted by atomic mass is 10.1. The Hall–Kier alpha value is -1.51. The maximum atomic E-state index is 12.0. The number of carbonyl (C=O) groups excluding carboxylic acids is 1. The third kappa shape index (κ3) is 5.76. The van der Waals surface area contributed by atoms with Crippen LogP contribution >= 0.6 is 12.2 Å². The number of allylic oxidation sites excluding steroid dienone is 1. The molecule has 1 aliphatic rings. The molecule has 140 valence electrons. The number of aryl methyl sites for hydroxylation is 1. The fourth-order valence-corrected chi connectivity index (χ4v) is 3.22. The lowest BCUT2D eigenvalue weighted by molar-refractivity contribution is -0.124. The van der Waals surface area contributed by atoms with Crippen LogP contribution in [0.15, 0.2) is 12.7 Å². The van der Waals surface area contributed by atoms with Gasteiger partial charge in [-0.15, -0.1) is 6.58 Å². The molecule has 1 fully saturated rings. The highest BCUT2D eigenvalue weighted by molar-refractivity contribution is 7.71. The molecular weight excluding hydrogens is 336 g/mol. The smallest absolute Gasteiger partial charge is 0.234 e. The van der Waals surface area contributed by atoms with E-state index in [0.717, 1.165) is 36.8 Å². The van der Waals surface area contributed by atoms with Crippen LogP contribution in [0.4, 0.5) is 0 Å². The molecule has 1 aromatic rings. The Kier molecular flexibility index (Phi) is 6.53. The minimum atomic E-state index is -0.183. The van der Waals surface area contributed by atoms with Gasteiger partial charge < -0.3 is 9.88 Å².